The Bertz CT molecular complexity index is 345. The zero-order chi connectivity index (χ0) is 10.6. The van der Waals surface area contributed by atoms with Gasteiger partial charge in [-0.25, -0.2) is 0 Å². The van der Waals surface area contributed by atoms with E-state index in [0.717, 1.165) is 0 Å². The van der Waals surface area contributed by atoms with Crippen LogP contribution in [0.3, 0.4) is 0 Å². The van der Waals surface area contributed by atoms with Gasteiger partial charge in [0.05, 0.1) is 5.69 Å². The SMILES string of the molecule is CC(=O)OCC(=O)Nc1cc(C)no1. The molecule has 0 aliphatic carbocycles. The highest BCUT2D eigenvalue weighted by Gasteiger charge is 2.07. The van der Waals surface area contributed by atoms with Crippen molar-refractivity contribution in [1.82, 2.24) is 5.16 Å². The summed E-state index contributed by atoms with van der Waals surface area (Å²) < 4.78 is 9.19. The van der Waals surface area contributed by atoms with Crippen LogP contribution in [0.15, 0.2) is 10.6 Å². The zero-order valence-electron chi connectivity index (χ0n) is 7.86. The summed E-state index contributed by atoms with van der Waals surface area (Å²) in [5, 5.41) is 5.94. The third-order valence-electron chi connectivity index (χ3n) is 1.30. The summed E-state index contributed by atoms with van der Waals surface area (Å²) in [7, 11) is 0. The number of nitrogens with zero attached hydrogens (tertiary/aromatic N) is 1. The summed E-state index contributed by atoms with van der Waals surface area (Å²) in [6.07, 6.45) is 0. The number of ether oxygens (including phenoxy) is 1. The average molecular weight is 198 g/mol. The molecule has 0 fully saturated rings. The highest BCUT2D eigenvalue weighted by atomic mass is 16.5. The molecule has 0 radical (unpaired) electrons. The zero-order valence-corrected chi connectivity index (χ0v) is 7.86. The molecule has 1 amide bonds. The van der Waals surface area contributed by atoms with Gasteiger partial charge in [-0.1, -0.05) is 5.16 Å². The Morgan fingerprint density at radius 1 is 1.64 bits per heavy atom. The fourth-order valence-corrected chi connectivity index (χ4v) is 0.763. The van der Waals surface area contributed by atoms with Gasteiger partial charge in [0.1, 0.15) is 0 Å². The Kier molecular flexibility index (Phi) is 3.22. The van der Waals surface area contributed by atoms with Crippen LogP contribution in [0, 0.1) is 6.92 Å². The first-order chi connectivity index (χ1) is 6.58. The molecule has 1 N–H and O–H groups in total. The van der Waals surface area contributed by atoms with Gasteiger partial charge in [-0.05, 0) is 6.92 Å². The fourth-order valence-electron chi connectivity index (χ4n) is 0.763. The Morgan fingerprint density at radius 2 is 2.36 bits per heavy atom. The van der Waals surface area contributed by atoms with Gasteiger partial charge in [0.25, 0.3) is 5.91 Å². The van der Waals surface area contributed by atoms with Crippen molar-refractivity contribution in [1.29, 1.82) is 0 Å². The van der Waals surface area contributed by atoms with Crippen LogP contribution in [0.5, 0.6) is 0 Å². The van der Waals surface area contributed by atoms with E-state index in [1.54, 1.807) is 13.0 Å². The molecule has 0 aromatic carbocycles. The molecule has 0 aliphatic rings. The van der Waals surface area contributed by atoms with E-state index in [1.807, 2.05) is 0 Å². The van der Waals surface area contributed by atoms with E-state index in [-0.39, 0.29) is 12.5 Å². The lowest BCUT2D eigenvalue weighted by Crippen LogP contribution is -2.19. The van der Waals surface area contributed by atoms with Crippen molar-refractivity contribution in [2.45, 2.75) is 13.8 Å². The molecule has 14 heavy (non-hydrogen) atoms. The standard InChI is InChI=1S/C8H10N2O4/c1-5-3-8(14-10-5)9-7(12)4-13-6(2)11/h3H,4H2,1-2H3,(H,9,12). The van der Waals surface area contributed by atoms with Crippen LogP contribution in [0.25, 0.3) is 0 Å². The van der Waals surface area contributed by atoms with Gasteiger partial charge in [-0.2, -0.15) is 0 Å². The molecule has 1 heterocycles. The number of rotatable bonds is 3. The number of aromatic nitrogens is 1. The lowest BCUT2D eigenvalue weighted by molar-refractivity contribution is -0.145. The number of aryl methyl sites for hydroxylation is 1. The third kappa shape index (κ3) is 3.26. The molecule has 0 aliphatic heterocycles. The first-order valence-corrected chi connectivity index (χ1v) is 3.94. The lowest BCUT2D eigenvalue weighted by atomic mass is 10.5. The minimum absolute atomic E-state index is 0.236. The molecule has 0 unspecified atom stereocenters. The molecule has 1 aromatic heterocycles. The van der Waals surface area contributed by atoms with Crippen molar-refractivity contribution >= 4 is 17.8 Å². The van der Waals surface area contributed by atoms with E-state index < -0.39 is 11.9 Å². The smallest absolute Gasteiger partial charge is 0.303 e. The quantitative estimate of drug-likeness (QED) is 0.714. The molecule has 0 bridgehead atoms. The molecule has 0 saturated heterocycles. The summed E-state index contributed by atoms with van der Waals surface area (Å²) in [5.74, 6) is -0.732. The van der Waals surface area contributed by atoms with Crippen LogP contribution in [-0.2, 0) is 14.3 Å². The Balaban J connectivity index is 2.37. The summed E-state index contributed by atoms with van der Waals surface area (Å²) in [5.41, 5.74) is 0.660. The van der Waals surface area contributed by atoms with Crippen LogP contribution in [0.2, 0.25) is 0 Å². The van der Waals surface area contributed by atoms with E-state index >= 15 is 0 Å². The number of hydrogen-bond acceptors (Lipinski definition) is 5. The highest BCUT2D eigenvalue weighted by molar-refractivity contribution is 5.91. The summed E-state index contributed by atoms with van der Waals surface area (Å²) in [6, 6.07) is 1.56. The maximum atomic E-state index is 11.1. The second-order valence-electron chi connectivity index (χ2n) is 2.66. The molecule has 1 rings (SSSR count). The molecule has 6 heteroatoms. The van der Waals surface area contributed by atoms with Crippen molar-refractivity contribution < 1.29 is 18.8 Å². The molecule has 0 spiro atoms. The number of hydrogen-bond donors (Lipinski definition) is 1. The van der Waals surface area contributed by atoms with Gasteiger partial charge in [0.2, 0.25) is 5.88 Å². The Labute approximate surface area is 80.2 Å². The molecule has 76 valence electrons. The van der Waals surface area contributed by atoms with Gasteiger partial charge in [0, 0.05) is 13.0 Å². The minimum Gasteiger partial charge on any atom is -0.456 e. The number of nitrogens with one attached hydrogen (secondary N) is 1. The molecule has 0 atom stereocenters. The number of carbonyl (C=O) groups excluding carboxylic acids is 2. The number of carbonyl (C=O) groups is 2. The van der Waals surface area contributed by atoms with Crippen molar-refractivity contribution in [2.75, 3.05) is 11.9 Å². The van der Waals surface area contributed by atoms with Gasteiger partial charge in [-0.15, -0.1) is 0 Å². The topological polar surface area (TPSA) is 81.4 Å². The maximum Gasteiger partial charge on any atom is 0.303 e. The van der Waals surface area contributed by atoms with Crippen molar-refractivity contribution in [2.24, 2.45) is 0 Å². The second-order valence-corrected chi connectivity index (χ2v) is 2.66. The van der Waals surface area contributed by atoms with E-state index in [0.29, 0.717) is 5.69 Å². The van der Waals surface area contributed by atoms with Crippen LogP contribution in [-0.4, -0.2) is 23.6 Å². The van der Waals surface area contributed by atoms with E-state index in [1.165, 1.54) is 6.92 Å². The first kappa shape index (κ1) is 10.2. The number of amides is 1. The predicted octanol–water partition coefficient (Wildman–Crippen LogP) is 0.485. The van der Waals surface area contributed by atoms with Crippen LogP contribution in [0.4, 0.5) is 5.88 Å². The van der Waals surface area contributed by atoms with Gasteiger partial charge in [0.15, 0.2) is 6.61 Å². The average Bonchev–Trinajstić information content (AvgIpc) is 2.48. The van der Waals surface area contributed by atoms with Gasteiger partial charge in [-0.3, -0.25) is 14.9 Å². The summed E-state index contributed by atoms with van der Waals surface area (Å²) in [6.45, 7) is 2.63. The first-order valence-electron chi connectivity index (χ1n) is 3.94. The predicted molar refractivity (Wildman–Crippen MR) is 46.5 cm³/mol. The number of esters is 1. The summed E-state index contributed by atoms with van der Waals surface area (Å²) in [4.78, 5) is 21.4. The minimum atomic E-state index is -0.506. The molecule has 6 nitrogen and oxygen atoms in total. The monoisotopic (exact) mass is 198 g/mol. The molecular weight excluding hydrogens is 188 g/mol. The fraction of sp³-hybridized carbons (Fsp3) is 0.375. The van der Waals surface area contributed by atoms with Crippen molar-refractivity contribution in [3.63, 3.8) is 0 Å². The van der Waals surface area contributed by atoms with E-state index in [4.69, 9.17) is 4.52 Å². The van der Waals surface area contributed by atoms with Crippen molar-refractivity contribution in [3.8, 4) is 0 Å². The van der Waals surface area contributed by atoms with Crippen molar-refractivity contribution in [3.05, 3.63) is 11.8 Å². The largest absolute Gasteiger partial charge is 0.456 e. The molecule has 1 aromatic rings. The third-order valence-corrected chi connectivity index (χ3v) is 1.30. The normalized spacial score (nSPS) is 9.57. The Morgan fingerprint density at radius 3 is 2.86 bits per heavy atom. The summed E-state index contributed by atoms with van der Waals surface area (Å²) >= 11 is 0. The van der Waals surface area contributed by atoms with E-state index in [9.17, 15) is 9.59 Å². The molecule has 0 saturated carbocycles. The molecular formula is C8H10N2O4. The second kappa shape index (κ2) is 4.40. The highest BCUT2D eigenvalue weighted by Crippen LogP contribution is 2.07. The van der Waals surface area contributed by atoms with Crippen LogP contribution < -0.4 is 5.32 Å². The Hall–Kier alpha value is -1.85. The number of anilines is 1. The van der Waals surface area contributed by atoms with Gasteiger partial charge < -0.3 is 9.26 Å². The van der Waals surface area contributed by atoms with Gasteiger partial charge >= 0.3 is 5.97 Å². The maximum absolute atomic E-state index is 11.1. The lowest BCUT2D eigenvalue weighted by Gasteiger charge is -2.00. The van der Waals surface area contributed by atoms with E-state index in [2.05, 4.69) is 15.2 Å². The van der Waals surface area contributed by atoms with Crippen LogP contribution >= 0.6 is 0 Å². The van der Waals surface area contributed by atoms with Crippen LogP contribution in [0.1, 0.15) is 12.6 Å².